The molecule has 24 heavy (non-hydrogen) atoms. The largest absolute Gasteiger partial charge is 0.453 e. The van der Waals surface area contributed by atoms with Gasteiger partial charge in [0.15, 0.2) is 5.76 Å². The molecule has 1 aliphatic rings. The third kappa shape index (κ3) is 3.33. The molecule has 1 aliphatic heterocycles. The molecule has 1 amide bonds. The normalized spacial score (nSPS) is 14.9. The van der Waals surface area contributed by atoms with Crippen LogP contribution in [0.15, 0.2) is 33.6 Å². The quantitative estimate of drug-likeness (QED) is 0.810. The van der Waals surface area contributed by atoms with Crippen LogP contribution in [0.2, 0.25) is 0 Å². The van der Waals surface area contributed by atoms with Gasteiger partial charge in [-0.15, -0.1) is 0 Å². The summed E-state index contributed by atoms with van der Waals surface area (Å²) in [5, 5.41) is 4.03. The minimum absolute atomic E-state index is 0.126. The number of nitrogens with zero attached hydrogens (tertiary/aromatic N) is 4. The van der Waals surface area contributed by atoms with Crippen LogP contribution in [-0.2, 0) is 18.4 Å². The maximum absolute atomic E-state index is 12.5. The molecule has 0 atom stereocenters. The van der Waals surface area contributed by atoms with E-state index in [0.717, 1.165) is 5.69 Å². The highest BCUT2D eigenvalue weighted by Gasteiger charge is 2.24. The predicted octanol–water partition coefficient (Wildman–Crippen LogP) is 0.482. The topological polar surface area (TPSA) is 80.8 Å². The van der Waals surface area contributed by atoms with Crippen LogP contribution in [0.25, 0.3) is 0 Å². The van der Waals surface area contributed by atoms with Crippen LogP contribution in [0, 0.1) is 0 Å². The van der Waals surface area contributed by atoms with Gasteiger partial charge in [-0.1, -0.05) is 0 Å². The van der Waals surface area contributed by atoms with Crippen molar-refractivity contribution >= 4 is 11.6 Å². The minimum Gasteiger partial charge on any atom is -0.453 e. The number of hydrogen-bond donors (Lipinski definition) is 0. The number of carbonyl (C=O) groups is 1. The Bertz CT molecular complexity index is 774. The Kier molecular flexibility index (Phi) is 4.66. The lowest BCUT2D eigenvalue weighted by Crippen LogP contribution is -2.49. The predicted molar refractivity (Wildman–Crippen MR) is 87.0 cm³/mol. The molecule has 0 N–H and O–H groups in total. The molecule has 0 aromatic carbocycles. The molecule has 8 nitrogen and oxygen atoms in total. The second-order valence-corrected chi connectivity index (χ2v) is 5.65. The average molecular weight is 332 g/mol. The molecule has 0 spiro atoms. The maximum Gasteiger partial charge on any atom is 0.289 e. The van der Waals surface area contributed by atoms with E-state index in [9.17, 15) is 9.59 Å². The summed E-state index contributed by atoms with van der Waals surface area (Å²) >= 11 is 0. The van der Waals surface area contributed by atoms with Crippen molar-refractivity contribution in [3.05, 3.63) is 46.3 Å². The van der Waals surface area contributed by atoms with E-state index in [0.29, 0.717) is 44.3 Å². The summed E-state index contributed by atoms with van der Waals surface area (Å²) in [6.07, 6.45) is 1.67. The highest BCUT2D eigenvalue weighted by Crippen LogP contribution is 2.16. The van der Waals surface area contributed by atoms with Crippen LogP contribution in [0.1, 0.15) is 16.3 Å². The van der Waals surface area contributed by atoms with Crippen LogP contribution in [-0.4, -0.2) is 53.9 Å². The van der Waals surface area contributed by atoms with Gasteiger partial charge < -0.3 is 19.0 Å². The number of methoxy groups -OCH3 is 1. The molecule has 0 saturated carbocycles. The van der Waals surface area contributed by atoms with E-state index in [1.807, 2.05) is 0 Å². The Morgan fingerprint density at radius 2 is 2.04 bits per heavy atom. The number of piperazine rings is 1. The molecule has 0 aliphatic carbocycles. The van der Waals surface area contributed by atoms with Gasteiger partial charge in [0.1, 0.15) is 12.4 Å². The highest BCUT2D eigenvalue weighted by molar-refractivity contribution is 5.91. The van der Waals surface area contributed by atoms with E-state index in [2.05, 4.69) is 10.00 Å². The number of hydrogen-bond acceptors (Lipinski definition) is 6. The summed E-state index contributed by atoms with van der Waals surface area (Å²) in [6.45, 7) is 2.76. The van der Waals surface area contributed by atoms with Gasteiger partial charge in [-0.25, -0.2) is 4.68 Å². The van der Waals surface area contributed by atoms with Gasteiger partial charge in [0.05, 0.1) is 11.9 Å². The number of amides is 1. The lowest BCUT2D eigenvalue weighted by Gasteiger charge is -2.35. The third-order valence-electron chi connectivity index (χ3n) is 4.04. The number of anilines is 1. The number of aromatic nitrogens is 2. The van der Waals surface area contributed by atoms with Crippen molar-refractivity contribution in [3.8, 4) is 0 Å². The zero-order valence-electron chi connectivity index (χ0n) is 13.8. The number of ether oxygens (including phenoxy) is 1. The van der Waals surface area contributed by atoms with E-state index < -0.39 is 0 Å². The van der Waals surface area contributed by atoms with E-state index >= 15 is 0 Å². The molecule has 0 bridgehead atoms. The van der Waals surface area contributed by atoms with E-state index in [1.54, 1.807) is 43.5 Å². The summed E-state index contributed by atoms with van der Waals surface area (Å²) in [5.41, 5.74) is 0.637. The van der Waals surface area contributed by atoms with Crippen molar-refractivity contribution in [3.63, 3.8) is 0 Å². The lowest BCUT2D eigenvalue weighted by molar-refractivity contribution is 0.0707. The van der Waals surface area contributed by atoms with Crippen molar-refractivity contribution in [1.29, 1.82) is 0 Å². The number of aryl methyl sites for hydroxylation is 1. The van der Waals surface area contributed by atoms with Gasteiger partial charge in [0.2, 0.25) is 0 Å². The first-order chi connectivity index (χ1) is 11.6. The van der Waals surface area contributed by atoms with Crippen LogP contribution in [0.3, 0.4) is 0 Å². The van der Waals surface area contributed by atoms with Crippen LogP contribution < -0.4 is 10.5 Å². The van der Waals surface area contributed by atoms with Gasteiger partial charge in [-0.3, -0.25) is 9.59 Å². The van der Waals surface area contributed by atoms with Crippen molar-refractivity contribution in [2.75, 3.05) is 38.2 Å². The molecular formula is C16H20N4O4. The average Bonchev–Trinajstić information content (AvgIpc) is 3.06. The second-order valence-electron chi connectivity index (χ2n) is 5.65. The zero-order chi connectivity index (χ0) is 17.1. The number of rotatable bonds is 4. The Morgan fingerprint density at radius 3 is 2.71 bits per heavy atom. The smallest absolute Gasteiger partial charge is 0.289 e. The maximum atomic E-state index is 12.5. The van der Waals surface area contributed by atoms with E-state index in [1.165, 1.54) is 4.68 Å². The molecule has 128 valence electrons. The first-order valence-electron chi connectivity index (χ1n) is 7.73. The molecule has 1 fully saturated rings. The summed E-state index contributed by atoms with van der Waals surface area (Å²) in [6, 6.07) is 4.99. The number of furan rings is 1. The van der Waals surface area contributed by atoms with Gasteiger partial charge >= 0.3 is 0 Å². The third-order valence-corrected chi connectivity index (χ3v) is 4.04. The first kappa shape index (κ1) is 16.3. The summed E-state index contributed by atoms with van der Waals surface area (Å²) in [7, 11) is 3.19. The SMILES string of the molecule is COCc1ccc(C(=O)N2CCN(c3cnn(C)c(=O)c3)CC2)o1. The Hall–Kier alpha value is -2.61. The summed E-state index contributed by atoms with van der Waals surface area (Å²) in [5.74, 6) is 0.829. The molecule has 3 rings (SSSR count). The molecule has 0 unspecified atom stereocenters. The fourth-order valence-electron chi connectivity index (χ4n) is 2.67. The van der Waals surface area contributed by atoms with Crippen LogP contribution >= 0.6 is 0 Å². The van der Waals surface area contributed by atoms with Crippen molar-refractivity contribution in [2.45, 2.75) is 6.61 Å². The first-order valence-corrected chi connectivity index (χ1v) is 7.73. The van der Waals surface area contributed by atoms with E-state index in [-0.39, 0.29) is 11.5 Å². The molecular weight excluding hydrogens is 312 g/mol. The molecule has 3 heterocycles. The van der Waals surface area contributed by atoms with Crippen molar-refractivity contribution < 1.29 is 13.9 Å². The fraction of sp³-hybridized carbons (Fsp3) is 0.438. The lowest BCUT2D eigenvalue weighted by atomic mass is 10.2. The van der Waals surface area contributed by atoms with Crippen molar-refractivity contribution in [2.24, 2.45) is 7.05 Å². The Labute approximate surface area is 139 Å². The zero-order valence-corrected chi connectivity index (χ0v) is 13.8. The van der Waals surface area contributed by atoms with Gasteiger partial charge in [0, 0.05) is 46.4 Å². The summed E-state index contributed by atoms with van der Waals surface area (Å²) in [4.78, 5) is 28.0. The highest BCUT2D eigenvalue weighted by atomic mass is 16.5. The Balaban J connectivity index is 1.62. The second kappa shape index (κ2) is 6.88. The molecule has 8 heteroatoms. The molecule has 0 radical (unpaired) electrons. The Morgan fingerprint density at radius 1 is 1.29 bits per heavy atom. The molecule has 2 aromatic heterocycles. The number of carbonyl (C=O) groups excluding carboxylic acids is 1. The van der Waals surface area contributed by atoms with Crippen molar-refractivity contribution in [1.82, 2.24) is 14.7 Å². The van der Waals surface area contributed by atoms with Gasteiger partial charge in [0.25, 0.3) is 11.5 Å². The molecule has 2 aromatic rings. The summed E-state index contributed by atoms with van der Waals surface area (Å²) < 4.78 is 11.8. The molecule has 1 saturated heterocycles. The monoisotopic (exact) mass is 332 g/mol. The van der Waals surface area contributed by atoms with Gasteiger partial charge in [-0.05, 0) is 12.1 Å². The van der Waals surface area contributed by atoms with E-state index in [4.69, 9.17) is 9.15 Å². The fourth-order valence-corrected chi connectivity index (χ4v) is 2.67. The standard InChI is InChI=1S/C16H20N4O4/c1-18-15(21)9-12(10-17-18)19-5-7-20(8-6-19)16(22)14-4-3-13(24-14)11-23-2/h3-4,9-10H,5-8,11H2,1-2H3. The van der Waals surface area contributed by atoms with Crippen LogP contribution in [0.5, 0.6) is 0 Å². The van der Waals surface area contributed by atoms with Crippen LogP contribution in [0.4, 0.5) is 5.69 Å². The van der Waals surface area contributed by atoms with Gasteiger partial charge in [-0.2, -0.15) is 5.10 Å². The minimum atomic E-state index is -0.146.